The molecule has 1 heterocycles. The number of hydrogen-bond donors (Lipinski definition) is 4. The van der Waals surface area contributed by atoms with Crippen LogP contribution in [0.5, 0.6) is 0 Å². The molecular formula is C11H12ClN7O4. The average Bonchev–Trinajstić information content (AvgIpc) is 2.94. The number of hydrogen-bond acceptors (Lipinski definition) is 9. The summed E-state index contributed by atoms with van der Waals surface area (Å²) in [6.07, 6.45) is 0. The summed E-state index contributed by atoms with van der Waals surface area (Å²) in [5, 5.41) is 29.7. The summed E-state index contributed by atoms with van der Waals surface area (Å²) in [5.41, 5.74) is 7.85. The summed E-state index contributed by atoms with van der Waals surface area (Å²) in [4.78, 5) is 14.1. The molecule has 0 atom stereocenters. The second-order valence-electron chi connectivity index (χ2n) is 4.19. The highest BCUT2D eigenvalue weighted by Gasteiger charge is 2.13. The van der Waals surface area contributed by atoms with Crippen LogP contribution in [0, 0.1) is 10.1 Å². The maximum Gasteiger partial charge on any atom is 0.271 e. The number of amidine groups is 1. The van der Waals surface area contributed by atoms with Crippen LogP contribution in [-0.2, 0) is 0 Å². The Morgan fingerprint density at radius 1 is 1.52 bits per heavy atom. The lowest BCUT2D eigenvalue weighted by Gasteiger charge is -2.07. The molecule has 1 aromatic heterocycles. The van der Waals surface area contributed by atoms with E-state index in [0.717, 1.165) is 0 Å². The lowest BCUT2D eigenvalue weighted by molar-refractivity contribution is -0.384. The van der Waals surface area contributed by atoms with Gasteiger partial charge in [0.05, 0.1) is 22.2 Å². The minimum atomic E-state index is -0.532. The minimum Gasteiger partial charge on any atom is -0.382 e. The molecule has 122 valence electrons. The van der Waals surface area contributed by atoms with Crippen molar-refractivity contribution in [1.29, 1.82) is 0 Å². The molecular weight excluding hydrogens is 330 g/mol. The molecule has 0 saturated heterocycles. The van der Waals surface area contributed by atoms with Crippen molar-refractivity contribution in [2.24, 2.45) is 4.99 Å². The zero-order valence-electron chi connectivity index (χ0n) is 11.6. The second kappa shape index (κ2) is 7.38. The standard InChI is InChI=1S/C11H12ClN7O4/c12-7-5-6(19(21)22)1-2-8(7)14-3-4-15-11(16-20)9-10(13)18-23-17-9/h1-2,5,14,20H,3-4H2,(H2,13,18)(H,15,16). The quantitative estimate of drug-likeness (QED) is 0.197. The van der Waals surface area contributed by atoms with Crippen molar-refractivity contribution < 1.29 is 14.8 Å². The van der Waals surface area contributed by atoms with Gasteiger partial charge >= 0.3 is 0 Å². The van der Waals surface area contributed by atoms with E-state index in [-0.39, 0.29) is 34.6 Å². The van der Waals surface area contributed by atoms with Gasteiger partial charge in [0, 0.05) is 18.7 Å². The SMILES string of the molecule is Nc1nonc1C(=NCCNc1ccc([N+](=O)[O-])cc1Cl)NO. The summed E-state index contributed by atoms with van der Waals surface area (Å²) in [6, 6.07) is 4.07. The number of benzene rings is 1. The highest BCUT2D eigenvalue weighted by molar-refractivity contribution is 6.33. The molecule has 0 aliphatic carbocycles. The molecule has 0 aliphatic rings. The largest absolute Gasteiger partial charge is 0.382 e. The van der Waals surface area contributed by atoms with Crippen LogP contribution in [0.1, 0.15) is 5.69 Å². The third-order valence-corrected chi connectivity index (χ3v) is 3.02. The van der Waals surface area contributed by atoms with Gasteiger partial charge in [-0.1, -0.05) is 11.6 Å². The monoisotopic (exact) mass is 341 g/mol. The predicted molar refractivity (Wildman–Crippen MR) is 81.6 cm³/mol. The van der Waals surface area contributed by atoms with Crippen molar-refractivity contribution in [3.8, 4) is 0 Å². The number of aromatic nitrogens is 2. The molecule has 23 heavy (non-hydrogen) atoms. The Morgan fingerprint density at radius 3 is 2.87 bits per heavy atom. The highest BCUT2D eigenvalue weighted by Crippen LogP contribution is 2.26. The molecule has 0 aliphatic heterocycles. The van der Waals surface area contributed by atoms with Gasteiger partial charge in [-0.15, -0.1) is 0 Å². The predicted octanol–water partition coefficient (Wildman–Crippen LogP) is 1.05. The number of aliphatic imine (C=N–C) groups is 1. The van der Waals surface area contributed by atoms with Crippen LogP contribution in [-0.4, -0.2) is 39.4 Å². The molecule has 12 heteroatoms. The van der Waals surface area contributed by atoms with Gasteiger partial charge in [-0.05, 0) is 16.4 Å². The van der Waals surface area contributed by atoms with Crippen molar-refractivity contribution >= 4 is 34.6 Å². The molecule has 11 nitrogen and oxygen atoms in total. The van der Waals surface area contributed by atoms with E-state index in [4.69, 9.17) is 22.5 Å². The summed E-state index contributed by atoms with van der Waals surface area (Å²) in [6.45, 7) is 0.566. The van der Waals surface area contributed by atoms with E-state index in [9.17, 15) is 10.1 Å². The van der Waals surface area contributed by atoms with Crippen LogP contribution in [0.4, 0.5) is 17.2 Å². The fourth-order valence-corrected chi connectivity index (χ4v) is 1.88. The van der Waals surface area contributed by atoms with Crippen LogP contribution >= 0.6 is 11.6 Å². The van der Waals surface area contributed by atoms with Crippen molar-refractivity contribution in [1.82, 2.24) is 15.8 Å². The number of anilines is 2. The molecule has 2 rings (SSSR count). The second-order valence-corrected chi connectivity index (χ2v) is 4.60. The Bertz CT molecular complexity index is 733. The van der Waals surface area contributed by atoms with E-state index >= 15 is 0 Å². The van der Waals surface area contributed by atoms with Gasteiger partial charge in [-0.25, -0.2) is 4.63 Å². The smallest absolute Gasteiger partial charge is 0.271 e. The van der Waals surface area contributed by atoms with Gasteiger partial charge in [0.2, 0.25) is 0 Å². The van der Waals surface area contributed by atoms with Crippen molar-refractivity contribution in [3.63, 3.8) is 0 Å². The first-order valence-corrected chi connectivity index (χ1v) is 6.61. The first-order chi connectivity index (χ1) is 11.0. The van der Waals surface area contributed by atoms with E-state index in [1.165, 1.54) is 18.2 Å². The number of nitrogens with two attached hydrogens (primary N) is 1. The molecule has 5 N–H and O–H groups in total. The molecule has 0 saturated carbocycles. The fourth-order valence-electron chi connectivity index (χ4n) is 1.64. The number of rotatable bonds is 6. The molecule has 0 spiro atoms. The summed E-state index contributed by atoms with van der Waals surface area (Å²) in [7, 11) is 0. The topological polar surface area (TPSA) is 165 Å². The van der Waals surface area contributed by atoms with Crippen molar-refractivity contribution in [3.05, 3.63) is 39.0 Å². The van der Waals surface area contributed by atoms with Gasteiger partial charge in [0.1, 0.15) is 0 Å². The van der Waals surface area contributed by atoms with Gasteiger partial charge in [0.25, 0.3) is 5.69 Å². The van der Waals surface area contributed by atoms with Crippen LogP contribution in [0.3, 0.4) is 0 Å². The van der Waals surface area contributed by atoms with Crippen molar-refractivity contribution in [2.45, 2.75) is 0 Å². The lowest BCUT2D eigenvalue weighted by Crippen LogP contribution is -2.23. The number of halogens is 1. The number of nitrogen functional groups attached to an aromatic ring is 1. The van der Waals surface area contributed by atoms with Crippen molar-refractivity contribution in [2.75, 3.05) is 24.1 Å². The number of hydroxylamine groups is 1. The fraction of sp³-hybridized carbons (Fsp3) is 0.182. The Morgan fingerprint density at radius 2 is 2.30 bits per heavy atom. The van der Waals surface area contributed by atoms with Crippen LogP contribution in [0.25, 0.3) is 0 Å². The molecule has 0 bridgehead atoms. The first-order valence-electron chi connectivity index (χ1n) is 6.23. The molecule has 0 unspecified atom stereocenters. The first kappa shape index (κ1) is 16.5. The molecule has 2 aromatic rings. The number of nitro groups is 1. The van der Waals surface area contributed by atoms with Crippen LogP contribution in [0.2, 0.25) is 5.02 Å². The van der Waals surface area contributed by atoms with Gasteiger partial charge in [-0.2, -0.15) is 0 Å². The maximum atomic E-state index is 10.6. The highest BCUT2D eigenvalue weighted by atomic mass is 35.5. The van der Waals surface area contributed by atoms with E-state index in [2.05, 4.69) is 25.3 Å². The molecule has 0 amide bonds. The van der Waals surface area contributed by atoms with E-state index < -0.39 is 4.92 Å². The van der Waals surface area contributed by atoms with Gasteiger partial charge in [0.15, 0.2) is 17.3 Å². The molecule has 0 radical (unpaired) electrons. The summed E-state index contributed by atoms with van der Waals surface area (Å²) < 4.78 is 4.40. The zero-order valence-corrected chi connectivity index (χ0v) is 12.3. The molecule has 1 aromatic carbocycles. The third-order valence-electron chi connectivity index (χ3n) is 2.70. The van der Waals surface area contributed by atoms with E-state index in [1.54, 1.807) is 0 Å². The summed E-state index contributed by atoms with van der Waals surface area (Å²) >= 11 is 5.94. The van der Waals surface area contributed by atoms with Crippen LogP contribution < -0.4 is 16.5 Å². The van der Waals surface area contributed by atoms with Gasteiger partial charge in [-0.3, -0.25) is 25.8 Å². The molecule has 0 fully saturated rings. The maximum absolute atomic E-state index is 10.6. The Kier molecular flexibility index (Phi) is 5.28. The van der Waals surface area contributed by atoms with Crippen LogP contribution in [0.15, 0.2) is 27.8 Å². The third kappa shape index (κ3) is 4.05. The Hall–Kier alpha value is -2.92. The Labute approximate surface area is 134 Å². The lowest BCUT2D eigenvalue weighted by atomic mass is 10.3. The minimum absolute atomic E-state index is 0.000321. The number of nitro benzene ring substituents is 1. The number of non-ortho nitro benzene ring substituents is 1. The van der Waals surface area contributed by atoms with E-state index in [0.29, 0.717) is 12.2 Å². The van der Waals surface area contributed by atoms with Gasteiger partial charge < -0.3 is 11.1 Å². The number of nitrogens with zero attached hydrogens (tertiary/aromatic N) is 4. The number of nitrogens with one attached hydrogen (secondary N) is 2. The van der Waals surface area contributed by atoms with E-state index in [1.807, 2.05) is 5.48 Å². The Balaban J connectivity index is 1.96. The zero-order chi connectivity index (χ0) is 16.8. The average molecular weight is 342 g/mol. The summed E-state index contributed by atoms with van der Waals surface area (Å²) in [5.74, 6) is -0.0166. The normalized spacial score (nSPS) is 11.3.